The van der Waals surface area contributed by atoms with E-state index in [0.29, 0.717) is 44.9 Å². The molecule has 0 N–H and O–H groups in total. The molecule has 4 rings (SSSR count). The van der Waals surface area contributed by atoms with Gasteiger partial charge in [-0.3, -0.25) is 10.1 Å². The molecule has 0 aliphatic heterocycles. The average molecular weight is 459 g/mol. The summed E-state index contributed by atoms with van der Waals surface area (Å²) in [5, 5.41) is 11.9. The summed E-state index contributed by atoms with van der Waals surface area (Å²) in [4.78, 5) is 23.4. The Bertz CT molecular complexity index is 1440. The van der Waals surface area contributed by atoms with E-state index in [4.69, 9.17) is 18.6 Å². The highest BCUT2D eigenvalue weighted by molar-refractivity contribution is 5.98. The minimum Gasteiger partial charge on any atom is -0.497 e. The predicted molar refractivity (Wildman–Crippen MR) is 130 cm³/mol. The maximum atomic E-state index is 12.9. The maximum Gasteiger partial charge on any atom is 0.344 e. The Morgan fingerprint density at radius 3 is 2.00 bits per heavy atom. The third-order valence-corrected chi connectivity index (χ3v) is 5.37. The number of nitrogens with zero attached hydrogens (tertiary/aromatic N) is 1. The van der Waals surface area contributed by atoms with Crippen molar-refractivity contribution in [1.82, 2.24) is 0 Å². The van der Waals surface area contributed by atoms with Gasteiger partial charge in [0.05, 0.1) is 31.6 Å². The number of fused-ring (bicyclic) bond motifs is 1. The molecule has 1 aromatic heterocycles. The van der Waals surface area contributed by atoms with Crippen LogP contribution in [0.1, 0.15) is 11.1 Å². The van der Waals surface area contributed by atoms with Gasteiger partial charge in [-0.25, -0.2) is 4.79 Å². The summed E-state index contributed by atoms with van der Waals surface area (Å²) in [7, 11) is 4.58. The van der Waals surface area contributed by atoms with Crippen molar-refractivity contribution in [3.05, 3.63) is 92.3 Å². The Kier molecular flexibility index (Phi) is 6.31. The molecule has 172 valence electrons. The molecule has 34 heavy (non-hydrogen) atoms. The number of methoxy groups -OCH3 is 3. The molecule has 0 saturated heterocycles. The van der Waals surface area contributed by atoms with Gasteiger partial charge in [-0.05, 0) is 60.2 Å². The summed E-state index contributed by atoms with van der Waals surface area (Å²) < 4.78 is 21.8. The van der Waals surface area contributed by atoms with Gasteiger partial charge < -0.3 is 18.6 Å². The second-order valence-electron chi connectivity index (χ2n) is 7.30. The lowest BCUT2D eigenvalue weighted by Crippen LogP contribution is -2.04. The van der Waals surface area contributed by atoms with E-state index in [9.17, 15) is 14.9 Å². The number of nitro groups is 1. The lowest BCUT2D eigenvalue weighted by atomic mass is 9.99. The highest BCUT2D eigenvalue weighted by atomic mass is 16.6. The van der Waals surface area contributed by atoms with Gasteiger partial charge >= 0.3 is 5.63 Å². The average Bonchev–Trinajstić information content (AvgIpc) is 2.87. The number of nitro benzene ring substituents is 1. The smallest absolute Gasteiger partial charge is 0.344 e. The molecule has 0 radical (unpaired) electrons. The fraction of sp³-hybridized carbons (Fsp3) is 0.115. The summed E-state index contributed by atoms with van der Waals surface area (Å²) in [6, 6.07) is 16.6. The highest BCUT2D eigenvalue weighted by Gasteiger charge is 2.17. The van der Waals surface area contributed by atoms with Gasteiger partial charge in [0.2, 0.25) is 0 Å². The Morgan fingerprint density at radius 1 is 0.824 bits per heavy atom. The van der Waals surface area contributed by atoms with Gasteiger partial charge in [-0.2, -0.15) is 0 Å². The first-order valence-electron chi connectivity index (χ1n) is 10.2. The molecule has 1 heterocycles. The number of non-ortho nitro benzene ring substituents is 1. The van der Waals surface area contributed by atoms with Crippen LogP contribution in [0.4, 0.5) is 5.69 Å². The molecule has 0 bridgehead atoms. The Balaban J connectivity index is 1.95. The zero-order chi connectivity index (χ0) is 24.2. The summed E-state index contributed by atoms with van der Waals surface area (Å²) in [6.45, 7) is 0. The van der Waals surface area contributed by atoms with E-state index in [-0.39, 0.29) is 5.69 Å². The van der Waals surface area contributed by atoms with Gasteiger partial charge in [-0.1, -0.05) is 6.08 Å². The number of ether oxygens (including phenoxy) is 3. The van der Waals surface area contributed by atoms with Crippen molar-refractivity contribution >= 4 is 28.6 Å². The standard InChI is InChI=1S/C26H21NO7/c1-31-19-11-7-17(8-12-19)25-20(13-6-16-4-9-18(10-5-16)27(29)30)21-14-23(32-2)24(33-3)15-22(21)26(28)34-25/h4-15H,1-3H3/b13-6+. The molecular formula is C26H21NO7. The first kappa shape index (κ1) is 22.6. The number of benzene rings is 3. The van der Waals surface area contributed by atoms with Gasteiger partial charge in [0.15, 0.2) is 11.5 Å². The lowest BCUT2D eigenvalue weighted by molar-refractivity contribution is -0.384. The van der Waals surface area contributed by atoms with Crippen LogP contribution >= 0.6 is 0 Å². The van der Waals surface area contributed by atoms with Crippen molar-refractivity contribution in [2.45, 2.75) is 0 Å². The lowest BCUT2D eigenvalue weighted by Gasteiger charge is -2.13. The van der Waals surface area contributed by atoms with E-state index in [1.807, 2.05) is 0 Å². The van der Waals surface area contributed by atoms with Crippen molar-refractivity contribution < 1.29 is 23.6 Å². The van der Waals surface area contributed by atoms with Crippen molar-refractivity contribution in [3.63, 3.8) is 0 Å². The molecule has 0 spiro atoms. The van der Waals surface area contributed by atoms with E-state index in [2.05, 4.69) is 0 Å². The van der Waals surface area contributed by atoms with E-state index >= 15 is 0 Å². The normalized spacial score (nSPS) is 11.0. The van der Waals surface area contributed by atoms with Crippen LogP contribution < -0.4 is 19.8 Å². The van der Waals surface area contributed by atoms with Crippen LogP contribution in [-0.4, -0.2) is 26.3 Å². The Hall–Kier alpha value is -4.59. The van der Waals surface area contributed by atoms with Crippen LogP contribution in [-0.2, 0) is 0 Å². The molecule has 0 fully saturated rings. The van der Waals surface area contributed by atoms with Crippen LogP contribution in [0.2, 0.25) is 0 Å². The molecule has 0 unspecified atom stereocenters. The van der Waals surface area contributed by atoms with Crippen LogP contribution in [0.25, 0.3) is 34.2 Å². The van der Waals surface area contributed by atoms with Crippen molar-refractivity contribution in [3.8, 4) is 28.6 Å². The summed E-state index contributed by atoms with van der Waals surface area (Å²) in [6.07, 6.45) is 3.60. The molecule has 0 aliphatic rings. The molecule has 8 heteroatoms. The van der Waals surface area contributed by atoms with Gasteiger partial charge in [-0.15, -0.1) is 0 Å². The first-order valence-corrected chi connectivity index (χ1v) is 10.2. The van der Waals surface area contributed by atoms with Gasteiger partial charge in [0, 0.05) is 28.6 Å². The minimum absolute atomic E-state index is 0.00376. The van der Waals surface area contributed by atoms with Crippen molar-refractivity contribution in [2.75, 3.05) is 21.3 Å². The Morgan fingerprint density at radius 2 is 1.44 bits per heavy atom. The molecule has 0 aliphatic carbocycles. The van der Waals surface area contributed by atoms with Crippen LogP contribution in [0.5, 0.6) is 17.2 Å². The molecule has 4 aromatic rings. The molecule has 0 atom stereocenters. The summed E-state index contributed by atoms with van der Waals surface area (Å²) in [5.74, 6) is 1.91. The van der Waals surface area contributed by atoms with Crippen LogP contribution in [0.15, 0.2) is 69.9 Å². The monoisotopic (exact) mass is 459 g/mol. The van der Waals surface area contributed by atoms with E-state index in [1.54, 1.807) is 67.8 Å². The third kappa shape index (κ3) is 4.33. The van der Waals surface area contributed by atoms with E-state index in [1.165, 1.54) is 26.4 Å². The molecule has 8 nitrogen and oxygen atoms in total. The van der Waals surface area contributed by atoms with Crippen molar-refractivity contribution in [2.24, 2.45) is 0 Å². The van der Waals surface area contributed by atoms with Gasteiger partial charge in [0.1, 0.15) is 11.5 Å². The number of hydrogen-bond acceptors (Lipinski definition) is 7. The zero-order valence-corrected chi connectivity index (χ0v) is 18.7. The van der Waals surface area contributed by atoms with Crippen LogP contribution in [0.3, 0.4) is 0 Å². The topological polar surface area (TPSA) is 101 Å². The third-order valence-electron chi connectivity index (χ3n) is 5.37. The first-order chi connectivity index (χ1) is 16.4. The second kappa shape index (κ2) is 9.50. The van der Waals surface area contributed by atoms with Crippen LogP contribution in [0, 0.1) is 10.1 Å². The zero-order valence-electron chi connectivity index (χ0n) is 18.7. The van der Waals surface area contributed by atoms with Gasteiger partial charge in [0.25, 0.3) is 5.69 Å². The predicted octanol–water partition coefficient (Wildman–Crippen LogP) is 5.56. The SMILES string of the molecule is COc1ccc(-c2oc(=O)c3cc(OC)c(OC)cc3c2/C=C/c2ccc([N+](=O)[O-])cc2)cc1. The number of hydrogen-bond donors (Lipinski definition) is 0. The molecule has 0 amide bonds. The Labute approximate surface area is 194 Å². The van der Waals surface area contributed by atoms with Crippen molar-refractivity contribution in [1.29, 1.82) is 0 Å². The number of rotatable bonds is 7. The summed E-state index contributed by atoms with van der Waals surface area (Å²) in [5.41, 5.74) is 1.54. The molecule has 0 saturated carbocycles. The quantitative estimate of drug-likeness (QED) is 0.263. The maximum absolute atomic E-state index is 12.9. The highest BCUT2D eigenvalue weighted by Crippen LogP contribution is 2.37. The second-order valence-corrected chi connectivity index (χ2v) is 7.30. The minimum atomic E-state index is -0.519. The largest absolute Gasteiger partial charge is 0.497 e. The molecular weight excluding hydrogens is 438 g/mol. The fourth-order valence-corrected chi connectivity index (χ4v) is 3.60. The fourth-order valence-electron chi connectivity index (χ4n) is 3.60. The molecule has 3 aromatic carbocycles. The van der Waals surface area contributed by atoms with E-state index in [0.717, 1.165) is 5.56 Å². The summed E-state index contributed by atoms with van der Waals surface area (Å²) >= 11 is 0. The van der Waals surface area contributed by atoms with E-state index < -0.39 is 10.5 Å².